The molecule has 0 spiro atoms. The largest absolute Gasteiger partial charge is 0.368 e. The minimum Gasteiger partial charge on any atom is -0.368 e. The van der Waals surface area contributed by atoms with Gasteiger partial charge in [0.1, 0.15) is 5.02 Å². The van der Waals surface area contributed by atoms with Gasteiger partial charge < -0.3 is 9.80 Å². The van der Waals surface area contributed by atoms with Crippen molar-refractivity contribution in [2.24, 2.45) is 0 Å². The number of hydrogen-bond donors (Lipinski definition) is 1. The van der Waals surface area contributed by atoms with E-state index in [2.05, 4.69) is 52.0 Å². The van der Waals surface area contributed by atoms with Crippen molar-refractivity contribution < 1.29 is 0 Å². The van der Waals surface area contributed by atoms with E-state index < -0.39 is 0 Å². The Balaban J connectivity index is 1.77. The van der Waals surface area contributed by atoms with Crippen LogP contribution in [0.3, 0.4) is 0 Å². The molecule has 0 radical (unpaired) electrons. The molecule has 2 heterocycles. The number of piperazine rings is 1. The summed E-state index contributed by atoms with van der Waals surface area (Å²) in [6.07, 6.45) is 1.62. The predicted octanol–water partition coefficient (Wildman–Crippen LogP) is 2.37. The number of benzene rings is 1. The predicted molar refractivity (Wildman–Crippen MR) is 90.2 cm³/mol. The van der Waals surface area contributed by atoms with Crippen molar-refractivity contribution in [3.05, 3.63) is 50.9 Å². The molecule has 1 aromatic heterocycles. The van der Waals surface area contributed by atoms with Crippen LogP contribution in [0.25, 0.3) is 0 Å². The summed E-state index contributed by atoms with van der Waals surface area (Å²) in [4.78, 5) is 16.1. The first-order valence-corrected chi connectivity index (χ1v) is 7.75. The second-order valence-corrected chi connectivity index (χ2v) is 5.97. The van der Waals surface area contributed by atoms with Crippen molar-refractivity contribution in [2.45, 2.75) is 13.8 Å². The molecule has 0 aliphatic carbocycles. The van der Waals surface area contributed by atoms with Crippen LogP contribution in [-0.4, -0.2) is 36.4 Å². The smallest absolute Gasteiger partial charge is 0.285 e. The molecule has 0 bridgehead atoms. The number of halogens is 1. The normalized spacial score (nSPS) is 15.2. The van der Waals surface area contributed by atoms with Crippen molar-refractivity contribution >= 4 is 23.0 Å². The molecule has 2 aromatic rings. The van der Waals surface area contributed by atoms with E-state index in [-0.39, 0.29) is 10.6 Å². The molecule has 0 amide bonds. The third-order valence-electron chi connectivity index (χ3n) is 4.31. The van der Waals surface area contributed by atoms with Gasteiger partial charge in [0, 0.05) is 31.9 Å². The first kappa shape index (κ1) is 14.9. The van der Waals surface area contributed by atoms with Crippen LogP contribution in [0.2, 0.25) is 5.02 Å². The van der Waals surface area contributed by atoms with Crippen LogP contribution in [0.5, 0.6) is 0 Å². The van der Waals surface area contributed by atoms with Gasteiger partial charge in [-0.05, 0) is 31.0 Å². The van der Waals surface area contributed by atoms with E-state index in [9.17, 15) is 4.79 Å². The molecule has 1 fully saturated rings. The van der Waals surface area contributed by atoms with Gasteiger partial charge in [0.05, 0.1) is 11.9 Å². The number of H-pyrrole nitrogens is 1. The van der Waals surface area contributed by atoms with Crippen LogP contribution in [-0.2, 0) is 0 Å². The molecule has 0 saturated carbocycles. The maximum absolute atomic E-state index is 11.6. The Bertz CT molecular complexity index is 735. The van der Waals surface area contributed by atoms with E-state index in [1.165, 1.54) is 16.8 Å². The molecule has 1 aliphatic heterocycles. The maximum atomic E-state index is 11.6. The number of aryl methyl sites for hydroxylation is 1. The number of aromatic amines is 1. The topological polar surface area (TPSA) is 52.2 Å². The highest BCUT2D eigenvalue weighted by Crippen LogP contribution is 2.26. The summed E-state index contributed by atoms with van der Waals surface area (Å²) in [5.74, 6) is 0. The van der Waals surface area contributed by atoms with Crippen LogP contribution in [0.15, 0.2) is 29.2 Å². The highest BCUT2D eigenvalue weighted by Gasteiger charge is 2.21. The quantitative estimate of drug-likeness (QED) is 0.923. The summed E-state index contributed by atoms with van der Waals surface area (Å²) < 4.78 is 0. The number of aromatic nitrogens is 2. The lowest BCUT2D eigenvalue weighted by molar-refractivity contribution is 0.650. The lowest BCUT2D eigenvalue weighted by Gasteiger charge is -2.38. The van der Waals surface area contributed by atoms with E-state index in [0.29, 0.717) is 5.69 Å². The summed E-state index contributed by atoms with van der Waals surface area (Å²) >= 11 is 6.09. The molecule has 6 heteroatoms. The number of anilines is 2. The maximum Gasteiger partial charge on any atom is 0.285 e. The lowest BCUT2D eigenvalue weighted by atomic mass is 10.1. The molecule has 1 aliphatic rings. The molecule has 22 heavy (non-hydrogen) atoms. The monoisotopic (exact) mass is 318 g/mol. The minimum atomic E-state index is -0.337. The fraction of sp³-hybridized carbons (Fsp3) is 0.375. The van der Waals surface area contributed by atoms with Crippen molar-refractivity contribution in [2.75, 3.05) is 36.0 Å². The zero-order valence-corrected chi connectivity index (χ0v) is 13.5. The molecule has 0 atom stereocenters. The van der Waals surface area contributed by atoms with E-state index in [1.807, 2.05) is 0 Å². The van der Waals surface area contributed by atoms with E-state index in [0.717, 1.165) is 26.2 Å². The highest BCUT2D eigenvalue weighted by atomic mass is 35.5. The summed E-state index contributed by atoms with van der Waals surface area (Å²) in [5, 5.41) is 6.42. The van der Waals surface area contributed by atoms with E-state index in [4.69, 9.17) is 11.6 Å². The fourth-order valence-electron chi connectivity index (χ4n) is 2.86. The molecule has 1 aromatic carbocycles. The number of rotatable bonds is 2. The first-order valence-electron chi connectivity index (χ1n) is 7.37. The molecule has 1 N–H and O–H groups in total. The standard InChI is InChI=1S/C16H19ClN4O/c1-11-4-3-5-13(12(11)2)20-6-8-21(9-7-20)14-10-18-19-16(22)15(14)17/h3-5,10H,6-9H2,1-2H3,(H,19,22). The molecule has 5 nitrogen and oxygen atoms in total. The second-order valence-electron chi connectivity index (χ2n) is 5.59. The van der Waals surface area contributed by atoms with Crippen LogP contribution in [0.4, 0.5) is 11.4 Å². The Morgan fingerprint density at radius 2 is 1.73 bits per heavy atom. The average molecular weight is 319 g/mol. The van der Waals surface area contributed by atoms with Crippen LogP contribution in [0, 0.1) is 13.8 Å². The van der Waals surface area contributed by atoms with Gasteiger partial charge in [-0.3, -0.25) is 4.79 Å². The first-order chi connectivity index (χ1) is 10.6. The summed E-state index contributed by atoms with van der Waals surface area (Å²) in [6, 6.07) is 6.40. The van der Waals surface area contributed by atoms with Crippen molar-refractivity contribution in [1.82, 2.24) is 10.2 Å². The second kappa shape index (κ2) is 6.01. The van der Waals surface area contributed by atoms with Crippen LogP contribution in [0.1, 0.15) is 11.1 Å². The van der Waals surface area contributed by atoms with Gasteiger partial charge in [-0.2, -0.15) is 5.10 Å². The van der Waals surface area contributed by atoms with Gasteiger partial charge >= 0.3 is 0 Å². The van der Waals surface area contributed by atoms with Crippen molar-refractivity contribution in [1.29, 1.82) is 0 Å². The van der Waals surface area contributed by atoms with Gasteiger partial charge in [-0.15, -0.1) is 0 Å². The summed E-state index contributed by atoms with van der Waals surface area (Å²) in [7, 11) is 0. The van der Waals surface area contributed by atoms with Gasteiger partial charge in [0.25, 0.3) is 5.56 Å². The number of nitrogens with one attached hydrogen (secondary N) is 1. The Labute approximate surface area is 134 Å². The third-order valence-corrected chi connectivity index (χ3v) is 4.68. The molecular formula is C16H19ClN4O. The zero-order chi connectivity index (χ0) is 15.7. The van der Waals surface area contributed by atoms with E-state index in [1.54, 1.807) is 6.20 Å². The SMILES string of the molecule is Cc1cccc(N2CCN(c3cn[nH]c(=O)c3Cl)CC2)c1C. The van der Waals surface area contributed by atoms with Crippen LogP contribution < -0.4 is 15.4 Å². The molecule has 0 unspecified atom stereocenters. The molecule has 116 valence electrons. The third kappa shape index (κ3) is 2.68. The Hall–Kier alpha value is -2.01. The summed E-state index contributed by atoms with van der Waals surface area (Å²) in [5.41, 5.74) is 4.30. The van der Waals surface area contributed by atoms with Gasteiger partial charge in [-0.25, -0.2) is 5.10 Å². The fourth-order valence-corrected chi connectivity index (χ4v) is 3.07. The zero-order valence-electron chi connectivity index (χ0n) is 12.8. The van der Waals surface area contributed by atoms with Gasteiger partial charge in [-0.1, -0.05) is 23.7 Å². The van der Waals surface area contributed by atoms with Crippen LogP contribution >= 0.6 is 11.6 Å². The van der Waals surface area contributed by atoms with Gasteiger partial charge in [0.15, 0.2) is 0 Å². The lowest BCUT2D eigenvalue weighted by Crippen LogP contribution is -2.47. The molecule has 1 saturated heterocycles. The Morgan fingerprint density at radius 3 is 2.41 bits per heavy atom. The Morgan fingerprint density at radius 1 is 1.09 bits per heavy atom. The van der Waals surface area contributed by atoms with Crippen molar-refractivity contribution in [3.63, 3.8) is 0 Å². The summed E-state index contributed by atoms with van der Waals surface area (Å²) in [6.45, 7) is 7.72. The minimum absolute atomic E-state index is 0.218. The van der Waals surface area contributed by atoms with Gasteiger partial charge in [0.2, 0.25) is 0 Å². The van der Waals surface area contributed by atoms with Crippen molar-refractivity contribution in [3.8, 4) is 0 Å². The number of hydrogen-bond acceptors (Lipinski definition) is 4. The Kier molecular flexibility index (Phi) is 4.07. The molecule has 3 rings (SSSR count). The number of nitrogens with zero attached hydrogens (tertiary/aromatic N) is 3. The highest BCUT2D eigenvalue weighted by molar-refractivity contribution is 6.33. The van der Waals surface area contributed by atoms with E-state index >= 15 is 0 Å². The molecular weight excluding hydrogens is 300 g/mol. The average Bonchev–Trinajstić information content (AvgIpc) is 2.53.